The van der Waals surface area contributed by atoms with Gasteiger partial charge in [-0.25, -0.2) is 9.97 Å². The Kier molecular flexibility index (Phi) is 3.08. The Morgan fingerprint density at radius 2 is 2.27 bits per heavy atom. The molecule has 0 aromatic carbocycles. The van der Waals surface area contributed by atoms with Crippen LogP contribution in [-0.4, -0.2) is 15.8 Å². The molecule has 0 fully saturated rings. The maximum atomic E-state index is 11.7. The molecule has 0 aliphatic rings. The second-order valence-electron chi connectivity index (χ2n) is 2.90. The van der Waals surface area contributed by atoms with Crippen LogP contribution < -0.4 is 0 Å². The largest absolute Gasteiger partial charge is 0.294 e. The van der Waals surface area contributed by atoms with E-state index in [0.717, 1.165) is 5.01 Å². The second kappa shape index (κ2) is 4.51. The number of aromatic nitrogens is 2. The van der Waals surface area contributed by atoms with E-state index < -0.39 is 0 Å². The Morgan fingerprint density at radius 3 is 2.87 bits per heavy atom. The molecule has 3 nitrogen and oxygen atoms in total. The van der Waals surface area contributed by atoms with Crippen LogP contribution in [0.25, 0.3) is 0 Å². The maximum absolute atomic E-state index is 11.7. The Balaban J connectivity index is 2.11. The van der Waals surface area contributed by atoms with Crippen LogP contribution in [0.5, 0.6) is 0 Å². The molecule has 0 spiro atoms. The van der Waals surface area contributed by atoms with E-state index in [-0.39, 0.29) is 5.78 Å². The smallest absolute Gasteiger partial charge is 0.171 e. The van der Waals surface area contributed by atoms with Crippen molar-refractivity contribution in [2.75, 3.05) is 0 Å². The zero-order valence-corrected chi connectivity index (χ0v) is 9.26. The van der Waals surface area contributed by atoms with Crippen LogP contribution in [0.2, 0.25) is 5.15 Å². The average molecular weight is 239 g/mol. The van der Waals surface area contributed by atoms with Crippen molar-refractivity contribution in [3.63, 3.8) is 0 Å². The van der Waals surface area contributed by atoms with E-state index in [4.69, 9.17) is 11.6 Å². The van der Waals surface area contributed by atoms with Crippen LogP contribution in [0.1, 0.15) is 15.4 Å². The second-order valence-corrected chi connectivity index (χ2v) is 4.26. The fraction of sp³-hybridized carbons (Fsp3) is 0.100. The van der Waals surface area contributed by atoms with Gasteiger partial charge in [-0.15, -0.1) is 11.3 Å². The van der Waals surface area contributed by atoms with Crippen molar-refractivity contribution in [1.29, 1.82) is 0 Å². The molecule has 0 aliphatic carbocycles. The summed E-state index contributed by atoms with van der Waals surface area (Å²) in [5.41, 5.74) is 0.564. The van der Waals surface area contributed by atoms with E-state index in [2.05, 4.69) is 9.97 Å². The summed E-state index contributed by atoms with van der Waals surface area (Å²) in [5, 5.41) is 3.05. The highest BCUT2D eigenvalue weighted by Crippen LogP contribution is 2.11. The van der Waals surface area contributed by atoms with Crippen molar-refractivity contribution < 1.29 is 4.79 Å². The van der Waals surface area contributed by atoms with Crippen molar-refractivity contribution in [2.24, 2.45) is 0 Å². The normalized spacial score (nSPS) is 10.2. The van der Waals surface area contributed by atoms with Crippen LogP contribution in [0.4, 0.5) is 0 Å². The van der Waals surface area contributed by atoms with Crippen LogP contribution in [0.3, 0.4) is 0 Å². The molecule has 0 bridgehead atoms. The van der Waals surface area contributed by atoms with Crippen LogP contribution >= 0.6 is 22.9 Å². The molecule has 0 N–H and O–H groups in total. The van der Waals surface area contributed by atoms with Crippen molar-refractivity contribution in [1.82, 2.24) is 9.97 Å². The molecular weight excluding hydrogens is 232 g/mol. The highest BCUT2D eigenvalue weighted by molar-refractivity contribution is 7.09. The number of carbonyl (C=O) groups is 1. The molecule has 0 aliphatic heterocycles. The third kappa shape index (κ3) is 2.61. The highest BCUT2D eigenvalue weighted by atomic mass is 35.5. The van der Waals surface area contributed by atoms with Gasteiger partial charge < -0.3 is 0 Å². The number of ketones is 1. The molecule has 2 aromatic rings. The predicted octanol–water partition coefficient (Wildman–Crippen LogP) is 2.62. The molecule has 0 unspecified atom stereocenters. The topological polar surface area (TPSA) is 42.9 Å². The first-order valence-electron chi connectivity index (χ1n) is 4.29. The number of thiazole rings is 1. The van der Waals surface area contributed by atoms with E-state index >= 15 is 0 Å². The summed E-state index contributed by atoms with van der Waals surface area (Å²) in [4.78, 5) is 19.6. The lowest BCUT2D eigenvalue weighted by molar-refractivity contribution is 0.0992. The van der Waals surface area contributed by atoms with Gasteiger partial charge in [-0.1, -0.05) is 11.6 Å². The average Bonchev–Trinajstić information content (AvgIpc) is 2.71. The molecular formula is C10H7ClN2OS. The van der Waals surface area contributed by atoms with Crippen molar-refractivity contribution in [3.05, 3.63) is 45.6 Å². The van der Waals surface area contributed by atoms with Gasteiger partial charge in [-0.3, -0.25) is 4.79 Å². The van der Waals surface area contributed by atoms with Crippen LogP contribution in [0.15, 0.2) is 29.9 Å². The molecule has 5 heteroatoms. The fourth-order valence-corrected chi connectivity index (χ4v) is 1.85. The number of rotatable bonds is 3. The van der Waals surface area contributed by atoms with Crippen molar-refractivity contribution >= 4 is 28.7 Å². The molecule has 0 amide bonds. The van der Waals surface area contributed by atoms with Gasteiger partial charge in [0.1, 0.15) is 10.2 Å². The number of hydrogen-bond donors (Lipinski definition) is 0. The van der Waals surface area contributed by atoms with Gasteiger partial charge in [-0.05, 0) is 12.1 Å². The number of Topliss-reactive ketones (excluding diaryl/α,β-unsaturated/α-hetero) is 1. The first kappa shape index (κ1) is 10.3. The lowest BCUT2D eigenvalue weighted by Gasteiger charge is -1.97. The van der Waals surface area contributed by atoms with E-state index in [1.165, 1.54) is 17.5 Å². The summed E-state index contributed by atoms with van der Waals surface area (Å²) >= 11 is 7.10. The summed E-state index contributed by atoms with van der Waals surface area (Å²) < 4.78 is 0. The van der Waals surface area contributed by atoms with Crippen molar-refractivity contribution in [2.45, 2.75) is 6.42 Å². The van der Waals surface area contributed by atoms with Gasteiger partial charge in [0.05, 0.1) is 6.42 Å². The van der Waals surface area contributed by atoms with E-state index in [1.807, 2.05) is 5.38 Å². The number of pyridine rings is 1. The summed E-state index contributed by atoms with van der Waals surface area (Å²) in [5.74, 6) is 0.00844. The summed E-state index contributed by atoms with van der Waals surface area (Å²) in [6, 6.07) is 3.28. The fourth-order valence-electron chi connectivity index (χ4n) is 1.12. The number of hydrogen-bond acceptors (Lipinski definition) is 4. The molecule has 2 aromatic heterocycles. The Morgan fingerprint density at radius 1 is 1.40 bits per heavy atom. The zero-order valence-electron chi connectivity index (χ0n) is 7.68. The quantitative estimate of drug-likeness (QED) is 0.610. The predicted molar refractivity (Wildman–Crippen MR) is 59.4 cm³/mol. The van der Waals surface area contributed by atoms with Gasteiger partial charge in [0.2, 0.25) is 0 Å². The molecule has 76 valence electrons. The van der Waals surface area contributed by atoms with Gasteiger partial charge in [0.25, 0.3) is 0 Å². The number of nitrogens with zero attached hydrogens (tertiary/aromatic N) is 2. The Bertz CT molecular complexity index is 453. The lowest BCUT2D eigenvalue weighted by Crippen LogP contribution is -2.03. The first-order valence-corrected chi connectivity index (χ1v) is 5.54. The molecule has 2 rings (SSSR count). The Hall–Kier alpha value is -1.26. The van der Waals surface area contributed by atoms with E-state index in [1.54, 1.807) is 18.3 Å². The molecule has 2 heterocycles. The van der Waals surface area contributed by atoms with Gasteiger partial charge in [0, 0.05) is 23.3 Å². The van der Waals surface area contributed by atoms with Gasteiger partial charge in [-0.2, -0.15) is 0 Å². The SMILES string of the molecule is O=C(Cc1nccs1)c1ccc(Cl)nc1. The first-order chi connectivity index (χ1) is 7.25. The number of halogens is 1. The summed E-state index contributed by atoms with van der Waals surface area (Å²) in [6.07, 6.45) is 3.49. The number of carbonyl (C=O) groups excluding carboxylic acids is 1. The minimum Gasteiger partial charge on any atom is -0.294 e. The monoisotopic (exact) mass is 238 g/mol. The minimum atomic E-state index is 0.00844. The van der Waals surface area contributed by atoms with E-state index in [9.17, 15) is 4.79 Å². The maximum Gasteiger partial charge on any atom is 0.171 e. The third-order valence-corrected chi connectivity index (χ3v) is 2.85. The summed E-state index contributed by atoms with van der Waals surface area (Å²) in [6.45, 7) is 0. The standard InChI is InChI=1S/C10H7ClN2OS/c11-9-2-1-7(6-13-9)8(14)5-10-12-3-4-15-10/h1-4,6H,5H2. The van der Waals surface area contributed by atoms with Crippen LogP contribution in [-0.2, 0) is 6.42 Å². The molecule has 0 atom stereocenters. The third-order valence-electron chi connectivity index (χ3n) is 1.84. The molecule has 15 heavy (non-hydrogen) atoms. The van der Waals surface area contributed by atoms with E-state index in [0.29, 0.717) is 17.1 Å². The molecule has 0 saturated carbocycles. The summed E-state index contributed by atoms with van der Waals surface area (Å²) in [7, 11) is 0. The lowest BCUT2D eigenvalue weighted by atomic mass is 10.1. The van der Waals surface area contributed by atoms with Crippen LogP contribution in [0, 0.1) is 0 Å². The highest BCUT2D eigenvalue weighted by Gasteiger charge is 2.08. The molecule has 0 radical (unpaired) electrons. The van der Waals surface area contributed by atoms with Crippen molar-refractivity contribution in [3.8, 4) is 0 Å². The Labute approximate surface area is 95.8 Å². The zero-order chi connectivity index (χ0) is 10.7. The molecule has 0 saturated heterocycles. The van der Waals surface area contributed by atoms with Gasteiger partial charge in [0.15, 0.2) is 5.78 Å². The van der Waals surface area contributed by atoms with Gasteiger partial charge >= 0.3 is 0 Å². The minimum absolute atomic E-state index is 0.00844.